The summed E-state index contributed by atoms with van der Waals surface area (Å²) in [4.78, 5) is 43.0. The Morgan fingerprint density at radius 2 is 1.56 bits per heavy atom. The number of nitrogens with zero attached hydrogens (tertiary/aromatic N) is 3. The smallest absolute Gasteiger partial charge is 0.333 e. The number of hydrogen-bond acceptors (Lipinski definition) is 5. The van der Waals surface area contributed by atoms with E-state index in [-0.39, 0.29) is 47.1 Å². The summed E-state index contributed by atoms with van der Waals surface area (Å²) in [6.07, 6.45) is 9.48. The van der Waals surface area contributed by atoms with Crippen molar-refractivity contribution in [3.05, 3.63) is 83.6 Å². The summed E-state index contributed by atoms with van der Waals surface area (Å²) in [6.45, 7) is 13.1. The molecule has 1 saturated heterocycles. The molecule has 228 valence electrons. The van der Waals surface area contributed by atoms with Crippen molar-refractivity contribution in [2.75, 3.05) is 18.0 Å². The molecule has 2 amide bonds. The summed E-state index contributed by atoms with van der Waals surface area (Å²) in [5.41, 5.74) is 7.50. The van der Waals surface area contributed by atoms with Crippen molar-refractivity contribution < 1.29 is 40.8 Å². The lowest BCUT2D eigenvalue weighted by Gasteiger charge is -2.25. The lowest BCUT2D eigenvalue weighted by atomic mass is 9.81. The van der Waals surface area contributed by atoms with E-state index in [9.17, 15) is 14.4 Å². The number of fused-ring (bicyclic) bond motifs is 2. The largest absolute Gasteiger partial charge is 1.00 e. The van der Waals surface area contributed by atoms with Crippen molar-refractivity contribution in [1.29, 1.82) is 0 Å². The topological polar surface area (TPSA) is 69.9 Å². The number of amides is 2. The fourth-order valence-electron chi connectivity index (χ4n) is 6.62. The number of para-hydroxylation sites is 2. The lowest BCUT2D eigenvalue weighted by Crippen LogP contribution is -3.00. The van der Waals surface area contributed by atoms with Crippen LogP contribution >= 0.6 is 0 Å². The molecule has 0 saturated carbocycles. The van der Waals surface area contributed by atoms with Gasteiger partial charge in [-0.05, 0) is 51.3 Å². The third-order valence-corrected chi connectivity index (χ3v) is 8.88. The van der Waals surface area contributed by atoms with Crippen molar-refractivity contribution in [2.24, 2.45) is 0 Å². The molecule has 0 unspecified atom stereocenters. The Labute approximate surface area is 265 Å². The first-order valence-electron chi connectivity index (χ1n) is 15.1. The van der Waals surface area contributed by atoms with Gasteiger partial charge in [0.05, 0.1) is 5.41 Å². The molecule has 0 aliphatic carbocycles. The van der Waals surface area contributed by atoms with Crippen LogP contribution in [0, 0.1) is 0 Å². The van der Waals surface area contributed by atoms with Crippen LogP contribution in [0.5, 0.6) is 0 Å². The average molecular weight is 649 g/mol. The molecule has 3 aliphatic heterocycles. The van der Waals surface area contributed by atoms with Gasteiger partial charge < -0.3 is 26.7 Å². The van der Waals surface area contributed by atoms with Crippen LogP contribution < -0.4 is 21.9 Å². The Kier molecular flexibility index (Phi) is 9.79. The average Bonchev–Trinajstić information content (AvgIpc) is 3.48. The predicted octanol–water partition coefficient (Wildman–Crippen LogP) is 3.49. The molecule has 0 spiro atoms. The molecule has 2 aromatic carbocycles. The van der Waals surface area contributed by atoms with Crippen LogP contribution in [0.25, 0.3) is 0 Å². The second-order valence-electron chi connectivity index (χ2n) is 12.3. The van der Waals surface area contributed by atoms with E-state index in [0.29, 0.717) is 11.5 Å². The first-order valence-corrected chi connectivity index (χ1v) is 15.1. The molecule has 43 heavy (non-hydrogen) atoms. The molecule has 3 aliphatic rings. The fraction of sp³-hybridized carbons (Fsp3) is 0.429. The van der Waals surface area contributed by atoms with E-state index in [1.54, 1.807) is 0 Å². The number of halogens is 1. The highest BCUT2D eigenvalue weighted by atomic mass is 79.9. The van der Waals surface area contributed by atoms with Crippen molar-refractivity contribution in [3.8, 4) is 0 Å². The van der Waals surface area contributed by atoms with Crippen molar-refractivity contribution in [3.63, 3.8) is 0 Å². The molecule has 5 rings (SSSR count). The number of unbranched alkanes of at least 4 members (excludes halogenated alkanes) is 2. The summed E-state index contributed by atoms with van der Waals surface area (Å²) in [5, 5.41) is 0.625. The second kappa shape index (κ2) is 13.0. The molecule has 7 nitrogen and oxygen atoms in total. The highest BCUT2D eigenvalue weighted by Gasteiger charge is 2.44. The van der Waals surface area contributed by atoms with Crippen LogP contribution in [0.4, 0.5) is 11.4 Å². The van der Waals surface area contributed by atoms with Crippen LogP contribution in [-0.4, -0.2) is 46.2 Å². The SMILES string of the molecule is CCN1C(=CC=CC2=[N+](CCCCCC(=O)ON3C(=O)CCC3=O)c3ccccc3C2(C)C)C(C)(C)c2ccccc21.[Br-]. The summed E-state index contributed by atoms with van der Waals surface area (Å²) in [6, 6.07) is 17.3. The van der Waals surface area contributed by atoms with Crippen molar-refractivity contribution >= 4 is 34.9 Å². The van der Waals surface area contributed by atoms with Gasteiger partial charge in [-0.1, -0.05) is 56.3 Å². The molecule has 3 heterocycles. The zero-order valence-corrected chi connectivity index (χ0v) is 27.4. The van der Waals surface area contributed by atoms with E-state index in [2.05, 4.69) is 111 Å². The van der Waals surface area contributed by atoms with Crippen LogP contribution in [0.3, 0.4) is 0 Å². The summed E-state index contributed by atoms with van der Waals surface area (Å²) < 4.78 is 2.41. The van der Waals surface area contributed by atoms with Gasteiger partial charge >= 0.3 is 5.97 Å². The number of rotatable bonds is 10. The lowest BCUT2D eigenvalue weighted by molar-refractivity contribution is -0.438. The van der Waals surface area contributed by atoms with Crippen molar-refractivity contribution in [2.45, 2.75) is 84.0 Å². The minimum absolute atomic E-state index is 0. The number of allylic oxidation sites excluding steroid dienone is 4. The molecule has 0 bridgehead atoms. The molecule has 0 atom stereocenters. The van der Waals surface area contributed by atoms with Gasteiger partial charge in [-0.2, -0.15) is 4.58 Å². The van der Waals surface area contributed by atoms with E-state index in [0.717, 1.165) is 25.9 Å². The van der Waals surface area contributed by atoms with Crippen LogP contribution in [0.2, 0.25) is 0 Å². The van der Waals surface area contributed by atoms with E-state index in [1.165, 1.54) is 33.9 Å². The van der Waals surface area contributed by atoms with E-state index in [1.807, 2.05) is 0 Å². The number of anilines is 1. The molecule has 0 N–H and O–H groups in total. The number of imide groups is 1. The van der Waals surface area contributed by atoms with Gasteiger partial charge in [-0.3, -0.25) is 9.59 Å². The second-order valence-corrected chi connectivity index (χ2v) is 12.3. The Morgan fingerprint density at radius 3 is 2.26 bits per heavy atom. The number of likely N-dealkylation sites (N-methyl/N-ethyl adjacent to an activating group) is 1. The number of hydrogen-bond donors (Lipinski definition) is 0. The Morgan fingerprint density at radius 1 is 0.907 bits per heavy atom. The fourth-order valence-corrected chi connectivity index (χ4v) is 6.62. The third kappa shape index (κ3) is 6.12. The highest BCUT2D eigenvalue weighted by molar-refractivity contribution is 6.03. The minimum Gasteiger partial charge on any atom is -1.00 e. The molecule has 2 aromatic rings. The van der Waals surface area contributed by atoms with Gasteiger partial charge in [0.25, 0.3) is 11.8 Å². The van der Waals surface area contributed by atoms with Gasteiger partial charge in [0.2, 0.25) is 5.69 Å². The molecule has 1 fully saturated rings. The quantitative estimate of drug-likeness (QED) is 0.224. The van der Waals surface area contributed by atoms with E-state index < -0.39 is 17.8 Å². The highest BCUT2D eigenvalue weighted by Crippen LogP contribution is 2.47. The summed E-state index contributed by atoms with van der Waals surface area (Å²) >= 11 is 0. The maximum atomic E-state index is 12.2. The number of hydroxylamine groups is 2. The molecular weight excluding hydrogens is 606 g/mol. The molecule has 0 aromatic heterocycles. The summed E-state index contributed by atoms with van der Waals surface area (Å²) in [5.74, 6) is -1.43. The zero-order valence-electron chi connectivity index (χ0n) is 25.9. The first kappa shape index (κ1) is 32.4. The van der Waals surface area contributed by atoms with Crippen molar-refractivity contribution in [1.82, 2.24) is 5.06 Å². The van der Waals surface area contributed by atoms with Gasteiger partial charge in [0, 0.05) is 66.7 Å². The Balaban J connectivity index is 0.00000423. The van der Waals surface area contributed by atoms with Crippen LogP contribution in [0.15, 0.2) is 72.5 Å². The molecule has 8 heteroatoms. The Bertz CT molecular complexity index is 1490. The number of carbonyl (C=O) groups excluding carboxylic acids is 3. The maximum absolute atomic E-state index is 12.2. The van der Waals surface area contributed by atoms with E-state index >= 15 is 0 Å². The first-order chi connectivity index (χ1) is 20.1. The number of carbonyl (C=O) groups is 3. The van der Waals surface area contributed by atoms with Gasteiger partial charge in [-0.15, -0.1) is 5.06 Å². The third-order valence-electron chi connectivity index (χ3n) is 8.88. The van der Waals surface area contributed by atoms with Gasteiger partial charge in [0.15, 0.2) is 5.71 Å². The van der Waals surface area contributed by atoms with Crippen LogP contribution in [-0.2, 0) is 30.1 Å². The monoisotopic (exact) mass is 647 g/mol. The number of benzene rings is 2. The standard InChI is InChI=1S/C35H42N3O4.BrH/c1-6-36-27-17-11-9-15-25(27)34(2,3)29(36)19-14-20-30-35(4,5)26-16-10-12-18-28(26)37(30)24-13-7-8-21-33(41)42-38-31(39)22-23-32(38)40;/h9-12,14-20H,6-8,13,21-24H2,1-5H3;1H/q+1;/p-1. The van der Waals surface area contributed by atoms with E-state index in [4.69, 9.17) is 4.84 Å². The van der Waals surface area contributed by atoms with Crippen LogP contribution in [0.1, 0.15) is 84.3 Å². The predicted molar refractivity (Wildman–Crippen MR) is 165 cm³/mol. The summed E-state index contributed by atoms with van der Waals surface area (Å²) in [7, 11) is 0. The van der Waals surface area contributed by atoms with Gasteiger partial charge in [0.1, 0.15) is 6.54 Å². The molecular formula is C35H42BrN3O4. The zero-order chi connectivity index (χ0) is 30.1. The molecule has 0 radical (unpaired) electrons. The minimum atomic E-state index is -0.535. The van der Waals surface area contributed by atoms with Gasteiger partial charge in [-0.25, -0.2) is 4.79 Å². The maximum Gasteiger partial charge on any atom is 0.333 e. The Hall–Kier alpha value is -3.52. The normalized spacial score (nSPS) is 19.3.